The van der Waals surface area contributed by atoms with Crippen molar-refractivity contribution in [2.45, 2.75) is 34.6 Å². The smallest absolute Gasteiger partial charge is 0.171 e. The van der Waals surface area contributed by atoms with Gasteiger partial charge in [-0.2, -0.15) is 36.4 Å². The Hall–Kier alpha value is -0.438. The van der Waals surface area contributed by atoms with Crippen molar-refractivity contribution in [3.63, 3.8) is 0 Å². The molecule has 29 heavy (non-hydrogen) atoms. The van der Waals surface area contributed by atoms with Crippen LogP contribution in [0, 0.1) is 42.3 Å². The van der Waals surface area contributed by atoms with Crippen molar-refractivity contribution in [3.8, 4) is 0 Å². The van der Waals surface area contributed by atoms with E-state index >= 15 is 0 Å². The van der Waals surface area contributed by atoms with Gasteiger partial charge in [-0.15, -0.1) is 0 Å². The Balaban J connectivity index is 0. The van der Waals surface area contributed by atoms with Crippen LogP contribution in [0.3, 0.4) is 0 Å². The summed E-state index contributed by atoms with van der Waals surface area (Å²) in [6.07, 6.45) is 0. The van der Waals surface area contributed by atoms with E-state index in [-0.39, 0.29) is 7.92 Å². The second-order valence-corrected chi connectivity index (χ2v) is 8.74. The molecule has 1 nitrogen and oxygen atoms in total. The van der Waals surface area contributed by atoms with Crippen LogP contribution >= 0.6 is 17.5 Å². The first kappa shape index (κ1) is 30.8. The number of hydrogen-bond donors (Lipinski definition) is 0. The van der Waals surface area contributed by atoms with Crippen LogP contribution < -0.4 is 5.30 Å². The molecule has 4 heteroatoms. The third kappa shape index (κ3) is 12.8. The standard InChI is InChI=1S/C10H15.C8H11P.C6H5.CO.ClH.Re/c1-6-7(2)9(4)10(5)8(6)3;1-9(2)8-6-4-3-5-7-8;1-2-4-6-5-3-1;1-2;;/h1-5H3;3-7H,1-2H3;1-5H;;1H;/q;;-1;;;+1/p-1. The molecule has 1 saturated carbocycles. The van der Waals surface area contributed by atoms with E-state index in [1.54, 1.807) is 0 Å². The third-order valence-corrected chi connectivity index (χ3v) is 6.02. The van der Waals surface area contributed by atoms with Crippen molar-refractivity contribution < 1.29 is 22.8 Å². The molecule has 0 heterocycles. The minimum absolute atomic E-state index is 0.104. The maximum absolute atomic E-state index is 7.50. The summed E-state index contributed by atoms with van der Waals surface area (Å²) < 4.78 is 7.50. The zero-order valence-corrected chi connectivity index (χ0v) is 22.8. The molecule has 1 aliphatic carbocycles. The van der Waals surface area contributed by atoms with Crippen LogP contribution in [0.25, 0.3) is 0 Å². The number of hydrogen-bond acceptors (Lipinski definition) is 0. The molecule has 3 rings (SSSR count). The van der Waals surface area contributed by atoms with E-state index in [0.717, 1.165) is 0 Å². The van der Waals surface area contributed by atoms with Gasteiger partial charge in [-0.05, 0) is 48.2 Å². The summed E-state index contributed by atoms with van der Waals surface area (Å²) in [4.78, 5) is 0. The van der Waals surface area contributed by atoms with Crippen LogP contribution in [0.1, 0.15) is 34.6 Å². The fraction of sp³-hybridized carbons (Fsp3) is 0.280. The molecule has 0 amide bonds. The van der Waals surface area contributed by atoms with Gasteiger partial charge in [0.1, 0.15) is 0 Å². The van der Waals surface area contributed by atoms with Crippen molar-refractivity contribution >= 4 is 22.8 Å². The summed E-state index contributed by atoms with van der Waals surface area (Å²) in [6.45, 7) is 20.0. The fourth-order valence-electron chi connectivity index (χ4n) is 2.47. The topological polar surface area (TPSA) is 19.9 Å². The van der Waals surface area contributed by atoms with Crippen LogP contribution in [-0.4, -0.2) is 13.3 Å². The van der Waals surface area contributed by atoms with Crippen molar-refractivity contribution in [1.82, 2.24) is 0 Å². The van der Waals surface area contributed by atoms with Crippen molar-refractivity contribution in [2.75, 3.05) is 13.3 Å². The predicted octanol–water partition coefficient (Wildman–Crippen LogP) is 7.16. The van der Waals surface area contributed by atoms with E-state index < -0.39 is 0 Å². The summed E-state index contributed by atoms with van der Waals surface area (Å²) in [5.74, 6) is 7.34. The maximum atomic E-state index is 7.50. The van der Waals surface area contributed by atoms with Gasteiger partial charge in [0.05, 0.1) is 0 Å². The van der Waals surface area contributed by atoms with Crippen molar-refractivity contribution in [3.05, 3.63) is 103 Å². The van der Waals surface area contributed by atoms with Crippen LogP contribution in [0.4, 0.5) is 0 Å². The first-order valence-corrected chi connectivity index (χ1v) is 14.6. The first-order chi connectivity index (χ1) is 13.9. The molecule has 0 aromatic heterocycles. The largest absolute Gasteiger partial charge is 0.184 e. The zero-order chi connectivity index (χ0) is 22.8. The molecule has 2 aromatic rings. The molecule has 157 valence electrons. The number of halogens is 1. The molecule has 0 saturated heterocycles. The molecule has 0 spiro atoms. The second kappa shape index (κ2) is 19.5. The Morgan fingerprint density at radius 3 is 1.17 bits per heavy atom. The van der Waals surface area contributed by atoms with Crippen molar-refractivity contribution in [1.29, 1.82) is 0 Å². The average Bonchev–Trinajstić information content (AvgIpc) is 2.97. The monoisotopic (exact) mass is 600 g/mol. The summed E-state index contributed by atoms with van der Waals surface area (Å²) in [5, 5.41) is 1.48. The Kier molecular flexibility index (Phi) is 20.7. The van der Waals surface area contributed by atoms with Crippen LogP contribution in [0.2, 0.25) is 0 Å². The zero-order valence-electron chi connectivity index (χ0n) is 18.4. The molecule has 0 atom stereocenters. The van der Waals surface area contributed by atoms with E-state index in [1.807, 2.05) is 30.3 Å². The van der Waals surface area contributed by atoms with Gasteiger partial charge in [-0.3, -0.25) is 0 Å². The second-order valence-electron chi connectivity index (χ2n) is 6.43. The van der Waals surface area contributed by atoms with Gasteiger partial charge in [-0.25, -0.2) is 0 Å². The maximum Gasteiger partial charge on any atom is -0.171 e. The van der Waals surface area contributed by atoms with E-state index in [1.165, 1.54) is 53.1 Å². The molecule has 2 aromatic carbocycles. The van der Waals surface area contributed by atoms with Crippen LogP contribution in [0.15, 0.2) is 60.7 Å². The molecule has 0 N–H and O–H groups in total. The van der Waals surface area contributed by atoms with Gasteiger partial charge in [0.15, 0.2) is 0 Å². The minimum atomic E-state index is 0.104. The Morgan fingerprint density at radius 2 is 1.00 bits per heavy atom. The predicted molar refractivity (Wildman–Crippen MR) is 124 cm³/mol. The Morgan fingerprint density at radius 1 is 0.690 bits per heavy atom. The number of rotatable bonds is 1. The molecule has 0 unspecified atom stereocenters. The fourth-order valence-corrected chi connectivity index (χ4v) is 3.24. The molecule has 5 radical (unpaired) electrons. The normalized spacial score (nSPS) is 14.9. The SMILES string of the molecule is CP(C)c1ccccc1.C[C]1[C](C)[C](C)[C](C)[C]1C.[C-]#[O+].[Cl][Re].[c-]1ccccc1. The molecule has 1 fully saturated rings. The minimum Gasteiger partial charge on any atom is -0.184 e. The molecule has 0 bridgehead atoms. The summed E-state index contributed by atoms with van der Waals surface area (Å²) in [7, 11) is 4.80. The van der Waals surface area contributed by atoms with Gasteiger partial charge in [0, 0.05) is 0 Å². The van der Waals surface area contributed by atoms with E-state index in [9.17, 15) is 0 Å². The van der Waals surface area contributed by atoms with Gasteiger partial charge < -0.3 is 0 Å². The number of benzene rings is 2. The van der Waals surface area contributed by atoms with Gasteiger partial charge in [0.25, 0.3) is 0 Å². The Bertz CT molecular complexity index is 534. The summed E-state index contributed by atoms with van der Waals surface area (Å²) >= 11 is 1.19. The third-order valence-electron chi connectivity index (χ3n) is 4.69. The molecular weight excluding hydrogens is 569 g/mol. The first-order valence-electron chi connectivity index (χ1n) is 9.04. The van der Waals surface area contributed by atoms with E-state index in [2.05, 4.69) is 91.0 Å². The average molecular weight is 600 g/mol. The van der Waals surface area contributed by atoms with Gasteiger partial charge in [-0.1, -0.05) is 72.9 Å². The van der Waals surface area contributed by atoms with Gasteiger partial charge in [0.2, 0.25) is 0 Å². The van der Waals surface area contributed by atoms with E-state index in [0.29, 0.717) is 0 Å². The molecule has 0 aliphatic heterocycles. The molecular formula is C25H31ClOPRe-. The van der Waals surface area contributed by atoms with Gasteiger partial charge >= 0.3 is 39.0 Å². The van der Waals surface area contributed by atoms with Crippen LogP contribution in [0.5, 0.6) is 0 Å². The summed E-state index contributed by atoms with van der Waals surface area (Å²) in [6, 6.07) is 23.1. The van der Waals surface area contributed by atoms with E-state index in [4.69, 9.17) is 14.2 Å². The van der Waals surface area contributed by atoms with Crippen molar-refractivity contribution in [2.24, 2.45) is 0 Å². The summed E-state index contributed by atoms with van der Waals surface area (Å²) in [5.41, 5.74) is 0. The Labute approximate surface area is 195 Å². The molecule has 1 aliphatic rings. The van der Waals surface area contributed by atoms with Crippen LogP contribution in [-0.2, 0) is 22.8 Å². The quantitative estimate of drug-likeness (QED) is 0.188.